The fourth-order valence-corrected chi connectivity index (χ4v) is 1.49. The zero-order valence-corrected chi connectivity index (χ0v) is 8.71. The Morgan fingerprint density at radius 2 is 1.93 bits per heavy atom. The van der Waals surface area contributed by atoms with Crippen LogP contribution in [-0.2, 0) is 6.42 Å². The maximum atomic E-state index is 10.8. The number of aryl methyl sites for hydroxylation is 3. The van der Waals surface area contributed by atoms with Gasteiger partial charge in [-0.25, -0.2) is 0 Å². The molecule has 0 bridgehead atoms. The van der Waals surface area contributed by atoms with Gasteiger partial charge in [0.25, 0.3) is 0 Å². The predicted octanol–water partition coefficient (Wildman–Crippen LogP) is 2.04. The fraction of sp³-hybridized carbons (Fsp3) is 0.417. The molecular weight excluding hydrogens is 176 g/mol. The van der Waals surface area contributed by atoms with Gasteiger partial charge in [0, 0.05) is 12.2 Å². The van der Waals surface area contributed by atoms with Crippen molar-refractivity contribution in [2.45, 2.75) is 26.7 Å². The number of rotatable bonds is 4. The number of aldehydes is 1. The first-order chi connectivity index (χ1) is 6.69. The summed E-state index contributed by atoms with van der Waals surface area (Å²) in [5.41, 5.74) is 4.13. The third kappa shape index (κ3) is 2.42. The fourth-order valence-electron chi connectivity index (χ4n) is 1.49. The molecule has 0 unspecified atom stereocenters. The average molecular weight is 192 g/mol. The molecule has 0 aliphatic rings. The van der Waals surface area contributed by atoms with Crippen LogP contribution in [-0.4, -0.2) is 18.0 Å². The molecule has 0 aromatic heterocycles. The third-order valence-electron chi connectivity index (χ3n) is 2.49. The van der Waals surface area contributed by atoms with Gasteiger partial charge in [0.2, 0.25) is 0 Å². The van der Waals surface area contributed by atoms with E-state index in [1.807, 2.05) is 26.0 Å². The molecule has 0 saturated carbocycles. The second-order valence-corrected chi connectivity index (χ2v) is 3.58. The summed E-state index contributed by atoms with van der Waals surface area (Å²) in [7, 11) is 0. The van der Waals surface area contributed by atoms with Crippen molar-refractivity contribution in [1.82, 2.24) is 0 Å². The van der Waals surface area contributed by atoms with Crippen LogP contribution in [0.4, 0.5) is 0 Å². The number of aliphatic hydroxyl groups is 1. The zero-order chi connectivity index (χ0) is 10.6. The maximum Gasteiger partial charge on any atom is 0.150 e. The van der Waals surface area contributed by atoms with Crippen molar-refractivity contribution in [2.75, 3.05) is 6.61 Å². The number of hydrogen-bond donors (Lipinski definition) is 1. The van der Waals surface area contributed by atoms with E-state index in [2.05, 4.69) is 0 Å². The molecule has 2 nitrogen and oxygen atoms in total. The van der Waals surface area contributed by atoms with Crippen molar-refractivity contribution in [3.8, 4) is 0 Å². The standard InChI is InChI=1S/C12H16O2/c1-9-6-11(4-3-5-13)12(8-14)7-10(9)2/h6-8,13H,3-5H2,1-2H3. The van der Waals surface area contributed by atoms with Gasteiger partial charge in [-0.2, -0.15) is 0 Å². The van der Waals surface area contributed by atoms with Crippen LogP contribution in [0.5, 0.6) is 0 Å². The molecule has 76 valence electrons. The molecule has 0 saturated heterocycles. The molecule has 1 rings (SSSR count). The largest absolute Gasteiger partial charge is 0.396 e. The van der Waals surface area contributed by atoms with Crippen molar-refractivity contribution in [2.24, 2.45) is 0 Å². The van der Waals surface area contributed by atoms with E-state index in [-0.39, 0.29) is 6.61 Å². The van der Waals surface area contributed by atoms with E-state index in [1.165, 1.54) is 5.56 Å². The second kappa shape index (κ2) is 4.91. The van der Waals surface area contributed by atoms with Crippen LogP contribution in [0.15, 0.2) is 12.1 Å². The van der Waals surface area contributed by atoms with Crippen LogP contribution in [0.1, 0.15) is 33.5 Å². The molecule has 1 N–H and O–H groups in total. The van der Waals surface area contributed by atoms with E-state index in [0.29, 0.717) is 6.42 Å². The van der Waals surface area contributed by atoms with Crippen molar-refractivity contribution in [3.63, 3.8) is 0 Å². The van der Waals surface area contributed by atoms with E-state index in [1.54, 1.807) is 0 Å². The Hall–Kier alpha value is -1.15. The summed E-state index contributed by atoms with van der Waals surface area (Å²) in [4.78, 5) is 10.8. The molecule has 2 heteroatoms. The molecule has 0 aliphatic carbocycles. The first-order valence-corrected chi connectivity index (χ1v) is 4.85. The summed E-state index contributed by atoms with van der Waals surface area (Å²) >= 11 is 0. The molecule has 0 aliphatic heterocycles. The van der Waals surface area contributed by atoms with E-state index in [9.17, 15) is 4.79 Å². The second-order valence-electron chi connectivity index (χ2n) is 3.58. The molecular formula is C12H16O2. The van der Waals surface area contributed by atoms with Crippen LogP contribution in [0, 0.1) is 13.8 Å². The molecule has 0 atom stereocenters. The van der Waals surface area contributed by atoms with Gasteiger partial charge < -0.3 is 5.11 Å². The number of benzene rings is 1. The van der Waals surface area contributed by atoms with E-state index in [4.69, 9.17) is 5.11 Å². The first kappa shape index (κ1) is 10.9. The highest BCUT2D eigenvalue weighted by Crippen LogP contribution is 2.16. The Bertz CT molecular complexity index is 329. The Labute approximate surface area is 84.6 Å². The van der Waals surface area contributed by atoms with Crippen LogP contribution in [0.2, 0.25) is 0 Å². The third-order valence-corrected chi connectivity index (χ3v) is 2.49. The van der Waals surface area contributed by atoms with Gasteiger partial charge in [-0.15, -0.1) is 0 Å². The molecule has 14 heavy (non-hydrogen) atoms. The van der Waals surface area contributed by atoms with Crippen LogP contribution in [0.3, 0.4) is 0 Å². The summed E-state index contributed by atoms with van der Waals surface area (Å²) in [6.07, 6.45) is 2.37. The number of carbonyl (C=O) groups excluding carboxylic acids is 1. The van der Waals surface area contributed by atoms with Crippen molar-refractivity contribution < 1.29 is 9.90 Å². The molecule has 0 amide bonds. The number of aliphatic hydroxyl groups excluding tert-OH is 1. The number of carbonyl (C=O) groups is 1. The van der Waals surface area contributed by atoms with Crippen LogP contribution in [0.25, 0.3) is 0 Å². The highest BCUT2D eigenvalue weighted by molar-refractivity contribution is 5.78. The van der Waals surface area contributed by atoms with Crippen molar-refractivity contribution >= 4 is 6.29 Å². The Kier molecular flexibility index (Phi) is 3.84. The molecule has 1 aromatic carbocycles. The number of hydrogen-bond acceptors (Lipinski definition) is 2. The normalized spacial score (nSPS) is 10.2. The SMILES string of the molecule is Cc1cc(C=O)c(CCCO)cc1C. The molecule has 0 spiro atoms. The molecule has 1 aromatic rings. The van der Waals surface area contributed by atoms with Crippen LogP contribution >= 0.6 is 0 Å². The Morgan fingerprint density at radius 1 is 1.29 bits per heavy atom. The lowest BCUT2D eigenvalue weighted by molar-refractivity contribution is 0.112. The summed E-state index contributed by atoms with van der Waals surface area (Å²) in [6.45, 7) is 4.20. The predicted molar refractivity (Wildman–Crippen MR) is 56.7 cm³/mol. The quantitative estimate of drug-likeness (QED) is 0.741. The molecule has 0 fully saturated rings. The lowest BCUT2D eigenvalue weighted by atomic mass is 9.98. The van der Waals surface area contributed by atoms with Crippen LogP contribution < -0.4 is 0 Å². The zero-order valence-electron chi connectivity index (χ0n) is 8.71. The van der Waals surface area contributed by atoms with Gasteiger partial charge in [0.15, 0.2) is 0 Å². The Balaban J connectivity index is 3.00. The molecule has 0 radical (unpaired) electrons. The monoisotopic (exact) mass is 192 g/mol. The van der Waals surface area contributed by atoms with Gasteiger partial charge in [0.1, 0.15) is 6.29 Å². The maximum absolute atomic E-state index is 10.8. The average Bonchev–Trinajstić information content (AvgIpc) is 2.19. The summed E-state index contributed by atoms with van der Waals surface area (Å²) in [5, 5.41) is 8.73. The highest BCUT2D eigenvalue weighted by Gasteiger charge is 2.04. The minimum Gasteiger partial charge on any atom is -0.396 e. The van der Waals surface area contributed by atoms with E-state index < -0.39 is 0 Å². The summed E-state index contributed by atoms with van der Waals surface area (Å²) in [6, 6.07) is 3.95. The summed E-state index contributed by atoms with van der Waals surface area (Å²) < 4.78 is 0. The first-order valence-electron chi connectivity index (χ1n) is 4.85. The Morgan fingerprint density at radius 3 is 2.50 bits per heavy atom. The lowest BCUT2D eigenvalue weighted by Crippen LogP contribution is -1.97. The minimum atomic E-state index is 0.172. The molecule has 0 heterocycles. The van der Waals surface area contributed by atoms with Crippen molar-refractivity contribution in [3.05, 3.63) is 34.4 Å². The van der Waals surface area contributed by atoms with Gasteiger partial charge in [0.05, 0.1) is 0 Å². The smallest absolute Gasteiger partial charge is 0.150 e. The van der Waals surface area contributed by atoms with Gasteiger partial charge in [-0.3, -0.25) is 4.79 Å². The topological polar surface area (TPSA) is 37.3 Å². The highest BCUT2D eigenvalue weighted by atomic mass is 16.2. The lowest BCUT2D eigenvalue weighted by Gasteiger charge is -2.07. The minimum absolute atomic E-state index is 0.172. The van der Waals surface area contributed by atoms with Gasteiger partial charge >= 0.3 is 0 Å². The summed E-state index contributed by atoms with van der Waals surface area (Å²) in [5.74, 6) is 0. The van der Waals surface area contributed by atoms with Gasteiger partial charge in [-0.05, 0) is 49.4 Å². The van der Waals surface area contributed by atoms with Crippen molar-refractivity contribution in [1.29, 1.82) is 0 Å². The van der Waals surface area contributed by atoms with E-state index in [0.717, 1.165) is 29.4 Å². The van der Waals surface area contributed by atoms with Gasteiger partial charge in [-0.1, -0.05) is 6.07 Å². The van der Waals surface area contributed by atoms with E-state index >= 15 is 0 Å².